The molecular formula is C9H19NS2. The maximum absolute atomic E-state index is 4.23. The highest BCUT2D eigenvalue weighted by atomic mass is 32.2. The average Bonchev–Trinajstić information content (AvgIpc) is 2.15. The Morgan fingerprint density at radius 2 is 2.42 bits per heavy atom. The van der Waals surface area contributed by atoms with Gasteiger partial charge >= 0.3 is 0 Å². The maximum Gasteiger partial charge on any atom is 0.0172 e. The molecule has 1 nitrogen and oxygen atoms in total. The number of thiol groups is 1. The van der Waals surface area contributed by atoms with E-state index >= 15 is 0 Å². The fourth-order valence-corrected chi connectivity index (χ4v) is 2.92. The first kappa shape index (κ1) is 10.7. The number of hydrogen-bond donors (Lipinski definition) is 1. The molecule has 0 radical (unpaired) electrons. The SMILES string of the molecule is CCC1CN(CCCS)CCS1. The zero-order chi connectivity index (χ0) is 8.81. The second kappa shape index (κ2) is 6.17. The number of thioether (sulfide) groups is 1. The van der Waals surface area contributed by atoms with Gasteiger partial charge in [0.1, 0.15) is 0 Å². The third-order valence-electron chi connectivity index (χ3n) is 2.31. The van der Waals surface area contributed by atoms with Crippen molar-refractivity contribution >= 4 is 24.4 Å². The standard InChI is InChI=1S/C9H19NS2/c1-2-9-8-10(4-3-6-11)5-7-12-9/h9,11H,2-8H2,1H3. The Morgan fingerprint density at radius 3 is 3.08 bits per heavy atom. The smallest absolute Gasteiger partial charge is 0.0172 e. The van der Waals surface area contributed by atoms with Crippen molar-refractivity contribution in [2.75, 3.05) is 31.1 Å². The molecule has 0 N–H and O–H groups in total. The Morgan fingerprint density at radius 1 is 1.58 bits per heavy atom. The molecule has 72 valence electrons. The van der Waals surface area contributed by atoms with Crippen molar-refractivity contribution in [3.05, 3.63) is 0 Å². The minimum Gasteiger partial charge on any atom is -0.301 e. The fourth-order valence-electron chi connectivity index (χ4n) is 1.52. The highest BCUT2D eigenvalue weighted by Crippen LogP contribution is 2.20. The van der Waals surface area contributed by atoms with Crippen LogP contribution in [0, 0.1) is 0 Å². The molecule has 1 rings (SSSR count). The second-order valence-corrected chi connectivity index (χ2v) is 5.13. The Hall–Kier alpha value is 0.660. The first-order valence-corrected chi connectivity index (χ1v) is 6.49. The number of rotatable bonds is 4. The van der Waals surface area contributed by atoms with Gasteiger partial charge in [0.15, 0.2) is 0 Å². The van der Waals surface area contributed by atoms with Crippen molar-refractivity contribution in [3.63, 3.8) is 0 Å². The first-order chi connectivity index (χ1) is 5.86. The molecule has 1 atom stereocenters. The van der Waals surface area contributed by atoms with Crippen LogP contribution < -0.4 is 0 Å². The van der Waals surface area contributed by atoms with E-state index in [2.05, 4.69) is 36.2 Å². The summed E-state index contributed by atoms with van der Waals surface area (Å²) in [5.41, 5.74) is 0. The Kier molecular flexibility index (Phi) is 5.52. The van der Waals surface area contributed by atoms with Crippen LogP contribution in [0.4, 0.5) is 0 Å². The lowest BCUT2D eigenvalue weighted by atomic mass is 10.3. The Balaban J connectivity index is 2.16. The molecule has 0 aromatic heterocycles. The molecule has 0 aromatic rings. The molecule has 1 saturated heterocycles. The van der Waals surface area contributed by atoms with Crippen LogP contribution in [0.3, 0.4) is 0 Å². The van der Waals surface area contributed by atoms with Crippen LogP contribution in [-0.4, -0.2) is 41.3 Å². The lowest BCUT2D eigenvalue weighted by Crippen LogP contribution is -2.38. The van der Waals surface area contributed by atoms with Crippen LogP contribution in [0.25, 0.3) is 0 Å². The van der Waals surface area contributed by atoms with E-state index < -0.39 is 0 Å². The zero-order valence-electron chi connectivity index (χ0n) is 7.83. The molecule has 1 aliphatic rings. The predicted molar refractivity (Wildman–Crippen MR) is 61.4 cm³/mol. The maximum atomic E-state index is 4.23. The summed E-state index contributed by atoms with van der Waals surface area (Å²) in [7, 11) is 0. The van der Waals surface area contributed by atoms with Crippen LogP contribution in [0.1, 0.15) is 19.8 Å². The lowest BCUT2D eigenvalue weighted by Gasteiger charge is -2.31. The first-order valence-electron chi connectivity index (χ1n) is 4.81. The summed E-state index contributed by atoms with van der Waals surface area (Å²) in [5.74, 6) is 2.35. The van der Waals surface area contributed by atoms with Crippen LogP contribution in [-0.2, 0) is 0 Å². The van der Waals surface area contributed by atoms with Crippen LogP contribution >= 0.6 is 24.4 Å². The van der Waals surface area contributed by atoms with Crippen LogP contribution in [0.5, 0.6) is 0 Å². The topological polar surface area (TPSA) is 3.24 Å². The van der Waals surface area contributed by atoms with E-state index in [1.807, 2.05) is 0 Å². The molecule has 1 fully saturated rings. The molecule has 0 spiro atoms. The second-order valence-electron chi connectivity index (χ2n) is 3.28. The van der Waals surface area contributed by atoms with Gasteiger partial charge in [-0.05, 0) is 25.1 Å². The molecule has 0 saturated carbocycles. The summed E-state index contributed by atoms with van der Waals surface area (Å²) in [4.78, 5) is 2.58. The van der Waals surface area contributed by atoms with Crippen molar-refractivity contribution in [1.82, 2.24) is 4.90 Å². The van der Waals surface area contributed by atoms with Gasteiger partial charge < -0.3 is 4.90 Å². The Labute approximate surface area is 85.7 Å². The molecule has 0 aliphatic carbocycles. The Bertz CT molecular complexity index is 119. The van der Waals surface area contributed by atoms with Gasteiger partial charge in [0.25, 0.3) is 0 Å². The number of nitrogens with zero attached hydrogens (tertiary/aromatic N) is 1. The molecule has 1 heterocycles. The van der Waals surface area contributed by atoms with Crippen LogP contribution in [0.2, 0.25) is 0 Å². The highest BCUT2D eigenvalue weighted by Gasteiger charge is 2.17. The van der Waals surface area contributed by atoms with E-state index in [1.165, 1.54) is 38.2 Å². The summed E-state index contributed by atoms with van der Waals surface area (Å²) < 4.78 is 0. The normalized spacial score (nSPS) is 26.0. The quantitative estimate of drug-likeness (QED) is 0.701. The molecule has 1 aliphatic heterocycles. The summed E-state index contributed by atoms with van der Waals surface area (Å²) in [5, 5.41) is 0.888. The van der Waals surface area contributed by atoms with E-state index in [9.17, 15) is 0 Å². The molecule has 1 unspecified atom stereocenters. The van der Waals surface area contributed by atoms with Gasteiger partial charge in [-0.1, -0.05) is 6.92 Å². The van der Waals surface area contributed by atoms with E-state index in [0.29, 0.717) is 0 Å². The largest absolute Gasteiger partial charge is 0.301 e. The van der Waals surface area contributed by atoms with E-state index in [0.717, 1.165) is 11.0 Å². The van der Waals surface area contributed by atoms with Gasteiger partial charge in [0.2, 0.25) is 0 Å². The minimum absolute atomic E-state index is 0.888. The molecule has 12 heavy (non-hydrogen) atoms. The third kappa shape index (κ3) is 3.58. The van der Waals surface area contributed by atoms with Crippen LogP contribution in [0.15, 0.2) is 0 Å². The van der Waals surface area contributed by atoms with Gasteiger partial charge in [-0.2, -0.15) is 24.4 Å². The van der Waals surface area contributed by atoms with Crippen molar-refractivity contribution in [3.8, 4) is 0 Å². The van der Waals surface area contributed by atoms with Crippen molar-refractivity contribution < 1.29 is 0 Å². The minimum atomic E-state index is 0.888. The van der Waals surface area contributed by atoms with Gasteiger partial charge in [0, 0.05) is 24.1 Å². The average molecular weight is 205 g/mol. The van der Waals surface area contributed by atoms with E-state index in [4.69, 9.17) is 0 Å². The molecule has 3 heteroatoms. The summed E-state index contributed by atoms with van der Waals surface area (Å²) in [6.45, 7) is 6.13. The monoisotopic (exact) mass is 205 g/mol. The predicted octanol–water partition coefficient (Wildman–Crippen LogP) is 2.13. The molecule has 0 bridgehead atoms. The van der Waals surface area contributed by atoms with Gasteiger partial charge in [0.05, 0.1) is 0 Å². The summed E-state index contributed by atoms with van der Waals surface area (Å²) in [6.07, 6.45) is 2.56. The van der Waals surface area contributed by atoms with Gasteiger partial charge in [-0.25, -0.2) is 0 Å². The van der Waals surface area contributed by atoms with Crippen molar-refractivity contribution in [2.45, 2.75) is 25.0 Å². The molecular weight excluding hydrogens is 186 g/mol. The molecule has 0 aromatic carbocycles. The summed E-state index contributed by atoms with van der Waals surface area (Å²) in [6, 6.07) is 0. The van der Waals surface area contributed by atoms with Gasteiger partial charge in [-0.3, -0.25) is 0 Å². The third-order valence-corrected chi connectivity index (χ3v) is 4.00. The van der Waals surface area contributed by atoms with Gasteiger partial charge in [-0.15, -0.1) is 0 Å². The van der Waals surface area contributed by atoms with E-state index in [1.54, 1.807) is 0 Å². The van der Waals surface area contributed by atoms with Crippen molar-refractivity contribution in [2.24, 2.45) is 0 Å². The fraction of sp³-hybridized carbons (Fsp3) is 1.00. The highest BCUT2D eigenvalue weighted by molar-refractivity contribution is 8.00. The van der Waals surface area contributed by atoms with E-state index in [-0.39, 0.29) is 0 Å². The van der Waals surface area contributed by atoms with Crippen molar-refractivity contribution in [1.29, 1.82) is 0 Å². The molecule has 0 amide bonds. The number of hydrogen-bond acceptors (Lipinski definition) is 3. The summed E-state index contributed by atoms with van der Waals surface area (Å²) >= 11 is 6.37. The lowest BCUT2D eigenvalue weighted by molar-refractivity contribution is 0.283. The zero-order valence-corrected chi connectivity index (χ0v) is 9.54.